The molecule has 2 aromatic heterocycles. The molecule has 0 saturated carbocycles. The summed E-state index contributed by atoms with van der Waals surface area (Å²) in [6.45, 7) is 0. The Morgan fingerprint density at radius 3 is 1.64 bits per heavy atom. The van der Waals surface area contributed by atoms with E-state index < -0.39 is 43.6 Å². The highest BCUT2D eigenvalue weighted by molar-refractivity contribution is 7.89. The number of hydrogen-bond acceptors (Lipinski definition) is 11. The van der Waals surface area contributed by atoms with Gasteiger partial charge in [0.2, 0.25) is 0 Å². The molecule has 5 aromatic rings. The zero-order chi connectivity index (χ0) is 40.0. The summed E-state index contributed by atoms with van der Waals surface area (Å²) < 4.78 is 58.2. The standard InChI is InChI=1S/C24H19N3O5S.C15H13N3O4S/c1-27-22(24(29)26-20-13-7-8-16-25-20)23(18-11-5-6-12-19(18)33(27,30)31)32-21(28)15-14-17-9-3-2-4-10-17;1-18-13(15(20)17-12-8-4-5-9-16-12)14(19)10-6-2-3-7-11(10)23(18,21)22/h2-16H,1H3,(H,25,26,29);2-9,19H,1H3,(H,16,17,20)/b15-14+;. The van der Waals surface area contributed by atoms with Crippen molar-refractivity contribution in [3.63, 3.8) is 0 Å². The van der Waals surface area contributed by atoms with Crippen molar-refractivity contribution in [3.05, 3.63) is 162 Å². The number of ether oxygens (including phenoxy) is 1. The first kappa shape index (κ1) is 38.6. The summed E-state index contributed by atoms with van der Waals surface area (Å²) in [4.78, 5) is 46.0. The number of aliphatic hydroxyl groups is 1. The number of aliphatic hydroxyl groups excluding tert-OH is 1. The number of nitrogens with zero attached hydrogens (tertiary/aromatic N) is 4. The van der Waals surface area contributed by atoms with Gasteiger partial charge in [0.1, 0.15) is 11.6 Å². The van der Waals surface area contributed by atoms with Crippen LogP contribution in [0.5, 0.6) is 0 Å². The minimum atomic E-state index is -4.05. The molecule has 0 saturated heterocycles. The van der Waals surface area contributed by atoms with Crippen molar-refractivity contribution in [1.29, 1.82) is 0 Å². The number of esters is 1. The van der Waals surface area contributed by atoms with Crippen LogP contribution in [0.15, 0.2) is 155 Å². The van der Waals surface area contributed by atoms with Gasteiger partial charge in [0.15, 0.2) is 22.9 Å². The van der Waals surface area contributed by atoms with Crippen LogP contribution in [0, 0.1) is 0 Å². The van der Waals surface area contributed by atoms with E-state index in [1.165, 1.54) is 56.8 Å². The third-order valence-electron chi connectivity index (χ3n) is 8.28. The number of benzene rings is 3. The van der Waals surface area contributed by atoms with Gasteiger partial charge in [-0.05, 0) is 60.2 Å². The van der Waals surface area contributed by atoms with E-state index in [9.17, 15) is 36.3 Å². The minimum absolute atomic E-state index is 0.0469. The first-order chi connectivity index (χ1) is 26.8. The van der Waals surface area contributed by atoms with Crippen LogP contribution in [0.25, 0.3) is 17.6 Å². The predicted octanol–water partition coefficient (Wildman–Crippen LogP) is 4.86. The average Bonchev–Trinajstić information content (AvgIpc) is 3.20. The summed E-state index contributed by atoms with van der Waals surface area (Å²) >= 11 is 0. The number of aromatic nitrogens is 2. The van der Waals surface area contributed by atoms with Crippen LogP contribution in [0.2, 0.25) is 0 Å². The van der Waals surface area contributed by atoms with E-state index in [0.29, 0.717) is 0 Å². The highest BCUT2D eigenvalue weighted by atomic mass is 32.2. The Morgan fingerprint density at radius 2 is 1.09 bits per heavy atom. The van der Waals surface area contributed by atoms with Gasteiger partial charge in [-0.15, -0.1) is 0 Å². The summed E-state index contributed by atoms with van der Waals surface area (Å²) in [6.07, 6.45) is 5.74. The minimum Gasteiger partial charge on any atom is -0.505 e. The topological polar surface area (TPSA) is 205 Å². The Bertz CT molecular complexity index is 2640. The number of anilines is 2. The van der Waals surface area contributed by atoms with Gasteiger partial charge in [-0.1, -0.05) is 66.7 Å². The van der Waals surface area contributed by atoms with Crippen molar-refractivity contribution >= 4 is 67.1 Å². The fraction of sp³-hybridized carbons (Fsp3) is 0.0513. The van der Waals surface area contributed by atoms with Crippen molar-refractivity contribution in [2.45, 2.75) is 9.79 Å². The molecule has 2 aliphatic rings. The lowest BCUT2D eigenvalue weighted by Crippen LogP contribution is -2.38. The highest BCUT2D eigenvalue weighted by Crippen LogP contribution is 2.37. The van der Waals surface area contributed by atoms with E-state index in [2.05, 4.69) is 20.6 Å². The Kier molecular flexibility index (Phi) is 11.1. The van der Waals surface area contributed by atoms with Gasteiger partial charge in [0, 0.05) is 43.7 Å². The zero-order valence-electron chi connectivity index (χ0n) is 29.6. The molecule has 2 aliphatic heterocycles. The van der Waals surface area contributed by atoms with E-state index in [-0.39, 0.29) is 49.7 Å². The normalized spacial score (nSPS) is 15.2. The number of carbonyl (C=O) groups is 3. The third-order valence-corrected chi connectivity index (χ3v) is 11.9. The molecule has 0 unspecified atom stereocenters. The molecule has 4 heterocycles. The largest absolute Gasteiger partial charge is 0.505 e. The van der Waals surface area contributed by atoms with E-state index in [0.717, 1.165) is 14.2 Å². The Labute approximate surface area is 322 Å². The number of rotatable bonds is 7. The summed E-state index contributed by atoms with van der Waals surface area (Å²) in [5.41, 5.74) is 0.301. The molecule has 3 aromatic carbocycles. The van der Waals surface area contributed by atoms with Crippen LogP contribution in [-0.4, -0.2) is 72.4 Å². The summed E-state index contributed by atoms with van der Waals surface area (Å²) in [6, 6.07) is 30.9. The van der Waals surface area contributed by atoms with Gasteiger partial charge in [0.25, 0.3) is 31.9 Å². The van der Waals surface area contributed by atoms with Crippen molar-refractivity contribution in [2.24, 2.45) is 0 Å². The molecule has 15 nitrogen and oxygen atoms in total. The summed E-state index contributed by atoms with van der Waals surface area (Å²) in [7, 11) is -5.51. The van der Waals surface area contributed by atoms with Crippen LogP contribution in [0.4, 0.5) is 11.6 Å². The number of fused-ring (bicyclic) bond motifs is 2. The lowest BCUT2D eigenvalue weighted by atomic mass is 10.1. The molecule has 0 radical (unpaired) electrons. The molecule has 0 spiro atoms. The van der Waals surface area contributed by atoms with Crippen LogP contribution < -0.4 is 10.6 Å². The second-order valence-electron chi connectivity index (χ2n) is 11.8. The number of amides is 2. The third kappa shape index (κ3) is 7.89. The fourth-order valence-electron chi connectivity index (χ4n) is 5.54. The Hall–Kier alpha value is -7.11. The number of sulfonamides is 2. The smallest absolute Gasteiger partial charge is 0.336 e. The van der Waals surface area contributed by atoms with Crippen molar-refractivity contribution in [2.75, 3.05) is 24.7 Å². The van der Waals surface area contributed by atoms with Gasteiger partial charge in [-0.2, -0.15) is 0 Å². The molecular weight excluding hydrogens is 761 g/mol. The van der Waals surface area contributed by atoms with E-state index in [4.69, 9.17) is 4.74 Å². The number of hydrogen-bond donors (Lipinski definition) is 3. The van der Waals surface area contributed by atoms with E-state index >= 15 is 0 Å². The molecule has 3 N–H and O–H groups in total. The SMILES string of the molecule is CN1C(C(=O)Nc2ccccn2)=C(O)c2ccccc2S1(=O)=O.CN1C(C(=O)Nc2ccccn2)=C(OC(=O)/C=C/c2ccccc2)c2ccccc2S1(=O)=O. The van der Waals surface area contributed by atoms with E-state index in [1.807, 2.05) is 30.3 Å². The lowest BCUT2D eigenvalue weighted by Gasteiger charge is -2.29. The molecular formula is C39H32N6O9S2. The first-order valence-corrected chi connectivity index (χ1v) is 19.4. The number of carbonyl (C=O) groups excluding carboxylic acids is 3. The van der Waals surface area contributed by atoms with Crippen molar-refractivity contribution < 1.29 is 41.1 Å². The molecule has 284 valence electrons. The summed E-state index contributed by atoms with van der Waals surface area (Å²) in [5, 5.41) is 15.4. The van der Waals surface area contributed by atoms with Gasteiger partial charge >= 0.3 is 5.97 Å². The van der Waals surface area contributed by atoms with Gasteiger partial charge in [-0.3, -0.25) is 18.2 Å². The molecule has 0 atom stereocenters. The second-order valence-corrected chi connectivity index (χ2v) is 15.7. The fourth-order valence-corrected chi connectivity index (χ4v) is 8.32. The highest BCUT2D eigenvalue weighted by Gasteiger charge is 2.40. The lowest BCUT2D eigenvalue weighted by molar-refractivity contribution is -0.131. The average molecular weight is 793 g/mol. The van der Waals surface area contributed by atoms with Gasteiger partial charge < -0.3 is 20.5 Å². The van der Waals surface area contributed by atoms with Crippen molar-refractivity contribution in [1.82, 2.24) is 18.6 Å². The molecule has 0 fully saturated rings. The maximum absolute atomic E-state index is 13.1. The molecule has 17 heteroatoms. The molecule has 56 heavy (non-hydrogen) atoms. The van der Waals surface area contributed by atoms with Gasteiger partial charge in [0.05, 0.1) is 9.79 Å². The van der Waals surface area contributed by atoms with Gasteiger partial charge in [-0.25, -0.2) is 31.6 Å². The molecule has 0 aliphatic carbocycles. The van der Waals surface area contributed by atoms with Crippen molar-refractivity contribution in [3.8, 4) is 0 Å². The molecule has 0 bridgehead atoms. The van der Waals surface area contributed by atoms with Crippen LogP contribution >= 0.6 is 0 Å². The monoisotopic (exact) mass is 792 g/mol. The van der Waals surface area contributed by atoms with Crippen LogP contribution in [-0.2, 0) is 39.2 Å². The van der Waals surface area contributed by atoms with Crippen LogP contribution in [0.3, 0.4) is 0 Å². The number of nitrogens with one attached hydrogen (secondary N) is 2. The number of pyridine rings is 2. The molecule has 2 amide bonds. The Morgan fingerprint density at radius 1 is 0.625 bits per heavy atom. The molecule has 7 rings (SSSR count). The maximum Gasteiger partial charge on any atom is 0.336 e. The second kappa shape index (κ2) is 16.1. The predicted molar refractivity (Wildman–Crippen MR) is 207 cm³/mol. The van der Waals surface area contributed by atoms with E-state index in [1.54, 1.807) is 66.7 Å². The zero-order valence-corrected chi connectivity index (χ0v) is 31.2. The van der Waals surface area contributed by atoms with Crippen LogP contribution in [0.1, 0.15) is 16.7 Å². The maximum atomic E-state index is 13.1. The Balaban J connectivity index is 0.000000202. The summed E-state index contributed by atoms with van der Waals surface area (Å²) in [5.74, 6) is -2.41. The number of likely N-dealkylation sites (N-methyl/N-ethyl adjacent to an activating group) is 2. The quantitative estimate of drug-likeness (QED) is 0.150. The first-order valence-electron chi connectivity index (χ1n) is 16.5.